The van der Waals surface area contributed by atoms with Crippen molar-refractivity contribution in [3.8, 4) is 0 Å². The smallest absolute Gasteiger partial charge is 0.262 e. The van der Waals surface area contributed by atoms with Crippen LogP contribution in [0.2, 0.25) is 0 Å². The van der Waals surface area contributed by atoms with Crippen LogP contribution in [0.15, 0.2) is 89.8 Å². The summed E-state index contributed by atoms with van der Waals surface area (Å²) >= 11 is 0. The zero-order chi connectivity index (χ0) is 20.9. The summed E-state index contributed by atoms with van der Waals surface area (Å²) in [5.74, 6) is -0.678. The van der Waals surface area contributed by atoms with E-state index in [-0.39, 0.29) is 38.8 Å². The van der Waals surface area contributed by atoms with Crippen molar-refractivity contribution in [2.45, 2.75) is 4.90 Å². The van der Waals surface area contributed by atoms with Gasteiger partial charge in [-0.25, -0.2) is 8.42 Å². The highest BCUT2D eigenvalue weighted by Crippen LogP contribution is 2.33. The third-order valence-electron chi connectivity index (χ3n) is 5.24. The maximum absolute atomic E-state index is 13.2. The highest BCUT2D eigenvalue weighted by atomic mass is 32.2. The second-order valence-electron chi connectivity index (χ2n) is 7.01. The molecule has 1 aliphatic carbocycles. The van der Waals surface area contributed by atoms with E-state index in [4.69, 9.17) is 0 Å². The number of ketones is 2. The summed E-state index contributed by atoms with van der Waals surface area (Å²) in [6.07, 6.45) is 0. The molecule has 0 spiro atoms. The van der Waals surface area contributed by atoms with Crippen LogP contribution < -0.4 is 4.72 Å². The molecule has 1 N–H and O–H groups in total. The normalized spacial score (nSPS) is 13.1. The molecular formula is C24H15NO4S. The SMILES string of the molecule is O=C1c2ccccc2C(=O)c2c(NS(=O)(=O)c3cccc4ccccc34)cccc21. The number of hydrogen-bond donors (Lipinski definition) is 1. The molecule has 0 saturated carbocycles. The Morgan fingerprint density at radius 3 is 2.00 bits per heavy atom. The molecular weight excluding hydrogens is 398 g/mol. The van der Waals surface area contributed by atoms with Gasteiger partial charge in [-0.2, -0.15) is 0 Å². The molecule has 30 heavy (non-hydrogen) atoms. The van der Waals surface area contributed by atoms with E-state index in [0.717, 1.165) is 5.39 Å². The van der Waals surface area contributed by atoms with Gasteiger partial charge in [0, 0.05) is 22.1 Å². The topological polar surface area (TPSA) is 80.3 Å². The summed E-state index contributed by atoms with van der Waals surface area (Å²) in [6.45, 7) is 0. The number of rotatable bonds is 3. The van der Waals surface area contributed by atoms with E-state index in [9.17, 15) is 18.0 Å². The molecule has 4 aromatic rings. The lowest BCUT2D eigenvalue weighted by Gasteiger charge is -2.21. The summed E-state index contributed by atoms with van der Waals surface area (Å²) < 4.78 is 29.0. The van der Waals surface area contributed by atoms with Crippen molar-refractivity contribution in [1.29, 1.82) is 0 Å². The third-order valence-corrected chi connectivity index (χ3v) is 6.66. The maximum Gasteiger partial charge on any atom is 0.262 e. The van der Waals surface area contributed by atoms with E-state index in [2.05, 4.69) is 4.72 Å². The number of benzene rings is 4. The average molecular weight is 413 g/mol. The van der Waals surface area contributed by atoms with E-state index in [1.54, 1.807) is 54.6 Å². The molecule has 5 rings (SSSR count). The van der Waals surface area contributed by atoms with Crippen LogP contribution in [0.4, 0.5) is 5.69 Å². The van der Waals surface area contributed by atoms with Crippen LogP contribution in [-0.2, 0) is 10.0 Å². The summed E-state index contributed by atoms with van der Waals surface area (Å²) in [4.78, 5) is 26.1. The second-order valence-corrected chi connectivity index (χ2v) is 8.67. The van der Waals surface area contributed by atoms with Crippen molar-refractivity contribution < 1.29 is 18.0 Å². The van der Waals surface area contributed by atoms with E-state index in [1.807, 2.05) is 18.2 Å². The first-order valence-corrected chi connectivity index (χ1v) is 10.8. The van der Waals surface area contributed by atoms with Gasteiger partial charge in [-0.3, -0.25) is 14.3 Å². The highest BCUT2D eigenvalue weighted by Gasteiger charge is 2.32. The quantitative estimate of drug-likeness (QED) is 0.475. The maximum atomic E-state index is 13.2. The fourth-order valence-electron chi connectivity index (χ4n) is 3.86. The van der Waals surface area contributed by atoms with Gasteiger partial charge in [-0.15, -0.1) is 0 Å². The van der Waals surface area contributed by atoms with Crippen LogP contribution in [-0.4, -0.2) is 20.0 Å². The minimum atomic E-state index is -4.01. The van der Waals surface area contributed by atoms with Crippen LogP contribution in [0.3, 0.4) is 0 Å². The van der Waals surface area contributed by atoms with Crippen LogP contribution >= 0.6 is 0 Å². The minimum absolute atomic E-state index is 0.0741. The Kier molecular flexibility index (Phi) is 4.04. The number of fused-ring (bicyclic) bond motifs is 3. The standard InChI is InChI=1S/C24H15NO4S/c26-23-17-10-3-4-11-18(17)24(27)22-19(23)12-6-13-20(22)25-30(28,29)21-14-5-8-15-7-1-2-9-16(15)21/h1-14,25H. The number of sulfonamides is 1. The summed E-state index contributed by atoms with van der Waals surface area (Å²) in [5, 5.41) is 1.36. The van der Waals surface area contributed by atoms with Crippen LogP contribution in [0.1, 0.15) is 31.8 Å². The van der Waals surface area contributed by atoms with Gasteiger partial charge in [-0.1, -0.05) is 72.8 Å². The van der Waals surface area contributed by atoms with Crippen molar-refractivity contribution in [1.82, 2.24) is 0 Å². The summed E-state index contributed by atoms with van der Waals surface area (Å²) in [6, 6.07) is 23.3. The Morgan fingerprint density at radius 1 is 0.600 bits per heavy atom. The van der Waals surface area contributed by atoms with E-state index in [0.29, 0.717) is 10.9 Å². The molecule has 0 aliphatic heterocycles. The summed E-state index contributed by atoms with van der Waals surface area (Å²) in [7, 11) is -4.01. The lowest BCUT2D eigenvalue weighted by Crippen LogP contribution is -2.24. The monoisotopic (exact) mass is 413 g/mol. The lowest BCUT2D eigenvalue weighted by molar-refractivity contribution is 0.0979. The van der Waals surface area contributed by atoms with E-state index < -0.39 is 10.0 Å². The molecule has 0 heterocycles. The first-order valence-electron chi connectivity index (χ1n) is 9.29. The van der Waals surface area contributed by atoms with Gasteiger partial charge < -0.3 is 0 Å². The van der Waals surface area contributed by atoms with Crippen LogP contribution in [0, 0.1) is 0 Å². The van der Waals surface area contributed by atoms with Gasteiger partial charge in [0.1, 0.15) is 0 Å². The van der Waals surface area contributed by atoms with Crippen molar-refractivity contribution in [2.75, 3.05) is 4.72 Å². The zero-order valence-electron chi connectivity index (χ0n) is 15.6. The van der Waals surface area contributed by atoms with E-state index in [1.165, 1.54) is 12.1 Å². The van der Waals surface area contributed by atoms with Gasteiger partial charge in [0.2, 0.25) is 0 Å². The Morgan fingerprint density at radius 2 is 1.20 bits per heavy atom. The van der Waals surface area contributed by atoms with Crippen LogP contribution in [0.25, 0.3) is 10.8 Å². The fourth-order valence-corrected chi connectivity index (χ4v) is 5.16. The average Bonchev–Trinajstić information content (AvgIpc) is 2.76. The van der Waals surface area contributed by atoms with Gasteiger partial charge in [-0.05, 0) is 17.5 Å². The van der Waals surface area contributed by atoms with Gasteiger partial charge in [0.05, 0.1) is 16.1 Å². The van der Waals surface area contributed by atoms with Gasteiger partial charge >= 0.3 is 0 Å². The minimum Gasteiger partial charge on any atom is -0.289 e. The lowest BCUT2D eigenvalue weighted by atomic mass is 9.83. The fraction of sp³-hybridized carbons (Fsp3) is 0. The predicted octanol–water partition coefficient (Wildman–Crippen LogP) is 4.42. The molecule has 0 unspecified atom stereocenters. The number of hydrogen-bond acceptors (Lipinski definition) is 4. The van der Waals surface area contributed by atoms with Crippen molar-refractivity contribution >= 4 is 38.0 Å². The van der Waals surface area contributed by atoms with Crippen molar-refractivity contribution in [3.63, 3.8) is 0 Å². The number of nitrogens with one attached hydrogen (secondary N) is 1. The number of carbonyl (C=O) groups excluding carboxylic acids is 2. The molecule has 0 bridgehead atoms. The molecule has 0 atom stereocenters. The molecule has 5 nitrogen and oxygen atoms in total. The molecule has 0 radical (unpaired) electrons. The summed E-state index contributed by atoms with van der Waals surface area (Å²) in [5.41, 5.74) is 0.950. The molecule has 0 saturated heterocycles. The molecule has 6 heteroatoms. The van der Waals surface area contributed by atoms with Crippen LogP contribution in [0.5, 0.6) is 0 Å². The molecule has 0 aromatic heterocycles. The second kappa shape index (κ2) is 6.64. The van der Waals surface area contributed by atoms with E-state index >= 15 is 0 Å². The Hall–Kier alpha value is -3.77. The van der Waals surface area contributed by atoms with Crippen molar-refractivity contribution in [2.24, 2.45) is 0 Å². The Balaban J connectivity index is 1.65. The molecule has 0 fully saturated rings. The van der Waals surface area contributed by atoms with Gasteiger partial charge in [0.15, 0.2) is 11.6 Å². The molecule has 146 valence electrons. The van der Waals surface area contributed by atoms with Gasteiger partial charge in [0.25, 0.3) is 10.0 Å². The third kappa shape index (κ3) is 2.73. The molecule has 0 amide bonds. The Bertz CT molecular complexity index is 1470. The predicted molar refractivity (Wildman–Crippen MR) is 115 cm³/mol. The molecule has 1 aliphatic rings. The number of carbonyl (C=O) groups is 2. The first-order chi connectivity index (χ1) is 14.5. The highest BCUT2D eigenvalue weighted by molar-refractivity contribution is 7.93. The first kappa shape index (κ1) is 18.3. The zero-order valence-corrected chi connectivity index (χ0v) is 16.4. The largest absolute Gasteiger partial charge is 0.289 e. The number of anilines is 1. The molecule has 4 aromatic carbocycles. The van der Waals surface area contributed by atoms with Crippen molar-refractivity contribution in [3.05, 3.63) is 107 Å². The Labute approximate surface area is 173 Å².